The number of hydrogen-bond donors (Lipinski definition) is 3. The molecule has 4 rings (SSSR count). The van der Waals surface area contributed by atoms with E-state index in [1.165, 1.54) is 0 Å². The summed E-state index contributed by atoms with van der Waals surface area (Å²) < 4.78 is 12.5. The van der Waals surface area contributed by atoms with Gasteiger partial charge in [-0.15, -0.1) is 5.10 Å². The molecule has 2 aromatic heterocycles. The lowest BCUT2D eigenvalue weighted by molar-refractivity contribution is 0.355. The lowest BCUT2D eigenvalue weighted by Gasteiger charge is -2.27. The molecule has 0 bridgehead atoms. The number of nitrogens with zero attached hydrogens (tertiary/aromatic N) is 3. The maximum atomic E-state index is 6.02. The van der Waals surface area contributed by atoms with Gasteiger partial charge in [0, 0.05) is 42.3 Å². The Hall–Kier alpha value is -3.00. The fourth-order valence-electron chi connectivity index (χ4n) is 3.62. The number of aromatic nitrogens is 3. The third kappa shape index (κ3) is 3.82. The predicted molar refractivity (Wildman–Crippen MR) is 110 cm³/mol. The molecule has 0 atom stereocenters. The highest BCUT2D eigenvalue weighted by atomic mass is 16.5. The minimum Gasteiger partial charge on any atom is -0.493 e. The van der Waals surface area contributed by atoms with E-state index in [1.807, 2.05) is 30.5 Å². The Balaban J connectivity index is 1.60. The lowest BCUT2D eigenvalue weighted by Crippen LogP contribution is -2.33. The number of rotatable bonds is 6. The average Bonchev–Trinajstić information content (AvgIpc) is 3.18. The van der Waals surface area contributed by atoms with Crippen molar-refractivity contribution < 1.29 is 9.47 Å². The van der Waals surface area contributed by atoms with E-state index in [9.17, 15) is 0 Å². The summed E-state index contributed by atoms with van der Waals surface area (Å²) in [5.41, 5.74) is 8.52. The first-order valence-corrected chi connectivity index (χ1v) is 9.52. The van der Waals surface area contributed by atoms with E-state index in [1.54, 1.807) is 24.9 Å². The van der Waals surface area contributed by atoms with Crippen LogP contribution in [0.25, 0.3) is 5.65 Å². The Morgan fingerprint density at radius 2 is 1.86 bits per heavy atom. The zero-order chi connectivity index (χ0) is 19.5. The molecule has 0 spiro atoms. The van der Waals surface area contributed by atoms with Crippen LogP contribution in [0, 0.1) is 0 Å². The van der Waals surface area contributed by atoms with E-state index >= 15 is 0 Å². The van der Waals surface area contributed by atoms with Crippen LogP contribution >= 0.6 is 0 Å². The van der Waals surface area contributed by atoms with E-state index in [4.69, 9.17) is 15.2 Å². The van der Waals surface area contributed by atoms with Crippen molar-refractivity contribution in [3.8, 4) is 11.5 Å². The number of methoxy groups -OCH3 is 2. The molecule has 4 N–H and O–H groups in total. The number of ether oxygens (including phenoxy) is 2. The summed E-state index contributed by atoms with van der Waals surface area (Å²) in [7, 11) is 3.25. The summed E-state index contributed by atoms with van der Waals surface area (Å²) >= 11 is 0. The fourth-order valence-corrected chi connectivity index (χ4v) is 3.62. The maximum Gasteiger partial charge on any atom is 0.177 e. The Kier molecular flexibility index (Phi) is 5.21. The van der Waals surface area contributed by atoms with Crippen molar-refractivity contribution in [2.24, 2.45) is 5.73 Å². The first kappa shape index (κ1) is 18.4. The van der Waals surface area contributed by atoms with E-state index in [-0.39, 0.29) is 0 Å². The number of nitrogens with one attached hydrogen (secondary N) is 2. The van der Waals surface area contributed by atoms with Crippen molar-refractivity contribution in [2.45, 2.75) is 37.8 Å². The Bertz CT molecular complexity index is 949. The van der Waals surface area contributed by atoms with Crippen molar-refractivity contribution >= 4 is 22.8 Å². The third-order valence-electron chi connectivity index (χ3n) is 5.15. The molecule has 0 aliphatic heterocycles. The lowest BCUT2D eigenvalue weighted by atomic mass is 9.92. The number of imidazole rings is 1. The van der Waals surface area contributed by atoms with Crippen LogP contribution in [-0.4, -0.2) is 40.9 Å². The molecule has 1 saturated carbocycles. The standard InChI is InChI=1S/C20H26N6O2/c1-27-17-8-7-15(11-18(17)28-2)23-16-12-19(25-26-10-9-22-20(16)26)24-14-5-3-13(21)4-6-14/h7-14,23H,3-6,21H2,1-2H3,(H,24,25)/t13-,14-. The van der Waals surface area contributed by atoms with Gasteiger partial charge in [0.25, 0.3) is 0 Å². The molecule has 1 aromatic carbocycles. The van der Waals surface area contributed by atoms with Gasteiger partial charge in [0.15, 0.2) is 17.1 Å². The number of hydrogen-bond acceptors (Lipinski definition) is 7. The topological polar surface area (TPSA) is 98.7 Å². The van der Waals surface area contributed by atoms with Crippen molar-refractivity contribution in [2.75, 3.05) is 24.9 Å². The number of fused-ring (bicyclic) bond motifs is 1. The number of anilines is 3. The zero-order valence-electron chi connectivity index (χ0n) is 16.2. The van der Waals surface area contributed by atoms with Crippen molar-refractivity contribution in [1.29, 1.82) is 0 Å². The molecule has 1 fully saturated rings. The van der Waals surface area contributed by atoms with Gasteiger partial charge in [-0.3, -0.25) is 0 Å². The van der Waals surface area contributed by atoms with Gasteiger partial charge in [0.2, 0.25) is 0 Å². The molecule has 1 aliphatic rings. The SMILES string of the molecule is COc1ccc(Nc2cc(N[C@H]3CC[C@H](N)CC3)nn3ccnc23)cc1OC. The Morgan fingerprint density at radius 1 is 1.07 bits per heavy atom. The van der Waals surface area contributed by atoms with Crippen LogP contribution in [0.5, 0.6) is 11.5 Å². The van der Waals surface area contributed by atoms with Crippen LogP contribution in [0.1, 0.15) is 25.7 Å². The van der Waals surface area contributed by atoms with Gasteiger partial charge in [-0.25, -0.2) is 9.50 Å². The summed E-state index contributed by atoms with van der Waals surface area (Å²) in [5, 5.41) is 11.6. The largest absolute Gasteiger partial charge is 0.493 e. The van der Waals surface area contributed by atoms with Crippen molar-refractivity contribution in [1.82, 2.24) is 14.6 Å². The second kappa shape index (κ2) is 7.93. The third-order valence-corrected chi connectivity index (χ3v) is 5.15. The quantitative estimate of drug-likeness (QED) is 0.602. The highest BCUT2D eigenvalue weighted by molar-refractivity contribution is 5.76. The number of nitrogens with two attached hydrogens (primary N) is 1. The summed E-state index contributed by atoms with van der Waals surface area (Å²) in [6.45, 7) is 0. The first-order chi connectivity index (χ1) is 13.7. The van der Waals surface area contributed by atoms with Crippen LogP contribution < -0.4 is 25.8 Å². The molecule has 0 saturated heterocycles. The van der Waals surface area contributed by atoms with Crippen molar-refractivity contribution in [3.63, 3.8) is 0 Å². The van der Waals surface area contributed by atoms with E-state index in [0.717, 1.165) is 48.5 Å². The summed E-state index contributed by atoms with van der Waals surface area (Å²) in [6, 6.07) is 8.42. The Labute approximate surface area is 164 Å². The molecule has 1 aliphatic carbocycles. The van der Waals surface area contributed by atoms with E-state index in [2.05, 4.69) is 20.7 Å². The molecule has 28 heavy (non-hydrogen) atoms. The predicted octanol–water partition coefficient (Wildman–Crippen LogP) is 3.17. The van der Waals surface area contributed by atoms with Crippen LogP contribution in [0.4, 0.5) is 17.2 Å². The molecule has 0 radical (unpaired) electrons. The van der Waals surface area contributed by atoms with E-state index in [0.29, 0.717) is 23.6 Å². The van der Waals surface area contributed by atoms with Gasteiger partial charge in [0.1, 0.15) is 5.82 Å². The highest BCUT2D eigenvalue weighted by Gasteiger charge is 2.19. The second-order valence-corrected chi connectivity index (χ2v) is 7.09. The fraction of sp³-hybridized carbons (Fsp3) is 0.400. The van der Waals surface area contributed by atoms with E-state index < -0.39 is 0 Å². The highest BCUT2D eigenvalue weighted by Crippen LogP contribution is 2.32. The van der Waals surface area contributed by atoms with Gasteiger partial charge < -0.3 is 25.8 Å². The average molecular weight is 382 g/mol. The molecular weight excluding hydrogens is 356 g/mol. The van der Waals surface area contributed by atoms with Gasteiger partial charge in [-0.2, -0.15) is 0 Å². The normalized spacial score (nSPS) is 19.4. The van der Waals surface area contributed by atoms with Crippen LogP contribution in [0.2, 0.25) is 0 Å². The molecule has 3 aromatic rings. The molecule has 2 heterocycles. The Morgan fingerprint density at radius 3 is 2.61 bits per heavy atom. The summed E-state index contributed by atoms with van der Waals surface area (Å²) in [4.78, 5) is 4.43. The molecule has 0 unspecified atom stereocenters. The first-order valence-electron chi connectivity index (χ1n) is 9.52. The summed E-state index contributed by atoms with van der Waals surface area (Å²) in [6.07, 6.45) is 7.79. The van der Waals surface area contributed by atoms with Crippen LogP contribution in [0.3, 0.4) is 0 Å². The molecule has 8 heteroatoms. The number of benzene rings is 1. The van der Waals surface area contributed by atoms with Crippen LogP contribution in [-0.2, 0) is 0 Å². The molecule has 148 valence electrons. The zero-order valence-corrected chi connectivity index (χ0v) is 16.2. The van der Waals surface area contributed by atoms with Gasteiger partial charge in [-0.05, 0) is 37.8 Å². The minimum atomic E-state index is 0.324. The maximum absolute atomic E-state index is 6.02. The van der Waals surface area contributed by atoms with Crippen LogP contribution in [0.15, 0.2) is 36.7 Å². The van der Waals surface area contributed by atoms with Gasteiger partial charge >= 0.3 is 0 Å². The smallest absolute Gasteiger partial charge is 0.177 e. The van der Waals surface area contributed by atoms with Gasteiger partial charge in [-0.1, -0.05) is 0 Å². The van der Waals surface area contributed by atoms with Gasteiger partial charge in [0.05, 0.1) is 19.9 Å². The monoisotopic (exact) mass is 382 g/mol. The summed E-state index contributed by atoms with van der Waals surface area (Å²) in [5.74, 6) is 2.17. The van der Waals surface area contributed by atoms with Crippen molar-refractivity contribution in [3.05, 3.63) is 36.7 Å². The molecule has 0 amide bonds. The second-order valence-electron chi connectivity index (χ2n) is 7.09. The minimum absolute atomic E-state index is 0.324. The molecular formula is C20H26N6O2. The molecule has 8 nitrogen and oxygen atoms in total.